The molecule has 0 saturated carbocycles. The van der Waals surface area contributed by atoms with E-state index in [0.717, 1.165) is 6.67 Å². The third-order valence-corrected chi connectivity index (χ3v) is 3.71. The normalized spacial score (nSPS) is 13.9. The van der Waals surface area contributed by atoms with Crippen molar-refractivity contribution in [3.63, 3.8) is 0 Å². The Labute approximate surface area is 108 Å². The lowest BCUT2D eigenvalue weighted by atomic mass is 10.1. The van der Waals surface area contributed by atoms with E-state index in [1.807, 2.05) is 0 Å². The molecule has 2 heteroatoms. The van der Waals surface area contributed by atoms with Crippen molar-refractivity contribution in [3.8, 4) is 0 Å². The molecule has 2 aromatic rings. The zero-order chi connectivity index (χ0) is 12.7. The number of benzene rings is 2. The van der Waals surface area contributed by atoms with E-state index in [1.165, 1.54) is 28.2 Å². The molecule has 0 aliphatic carbocycles. The third-order valence-electron chi connectivity index (χ3n) is 3.71. The van der Waals surface area contributed by atoms with Crippen molar-refractivity contribution in [1.82, 2.24) is 0 Å². The average molecular weight is 238 g/mol. The van der Waals surface area contributed by atoms with Gasteiger partial charge in [0.1, 0.15) is 0 Å². The van der Waals surface area contributed by atoms with E-state index < -0.39 is 0 Å². The Balaban J connectivity index is 2.11. The monoisotopic (exact) mass is 238 g/mol. The number of aryl methyl sites for hydroxylation is 2. The van der Waals surface area contributed by atoms with Crippen molar-refractivity contribution in [2.24, 2.45) is 0 Å². The van der Waals surface area contributed by atoms with Gasteiger partial charge in [-0.1, -0.05) is 18.2 Å². The van der Waals surface area contributed by atoms with Crippen LogP contribution in [0.25, 0.3) is 0 Å². The number of nitrogens with zero attached hydrogens (tertiary/aromatic N) is 2. The van der Waals surface area contributed by atoms with Gasteiger partial charge < -0.3 is 9.80 Å². The minimum Gasteiger partial charge on any atom is -0.355 e. The highest BCUT2D eigenvalue weighted by Gasteiger charge is 2.24. The molecule has 3 rings (SSSR count). The van der Waals surface area contributed by atoms with Crippen molar-refractivity contribution in [2.45, 2.75) is 13.8 Å². The van der Waals surface area contributed by atoms with Gasteiger partial charge in [-0.2, -0.15) is 0 Å². The molecule has 0 bridgehead atoms. The van der Waals surface area contributed by atoms with Crippen molar-refractivity contribution in [2.75, 3.05) is 23.5 Å². The minimum atomic E-state index is 0.919. The van der Waals surface area contributed by atoms with Crippen LogP contribution in [-0.4, -0.2) is 13.7 Å². The standard InChI is InChI=1S/C16H18N2/c1-12-9-15-16(10-13(12)2)18(11-17(15)3)14-7-5-4-6-8-14/h4-10H,11H2,1-3H3. The van der Waals surface area contributed by atoms with Crippen molar-refractivity contribution in [1.29, 1.82) is 0 Å². The molecule has 0 spiro atoms. The summed E-state index contributed by atoms with van der Waals surface area (Å²) in [5.41, 5.74) is 6.60. The van der Waals surface area contributed by atoms with Gasteiger partial charge in [-0.3, -0.25) is 0 Å². The van der Waals surface area contributed by atoms with Crippen LogP contribution in [0.3, 0.4) is 0 Å². The summed E-state index contributed by atoms with van der Waals surface area (Å²) in [7, 11) is 2.15. The van der Waals surface area contributed by atoms with Crippen LogP contribution >= 0.6 is 0 Å². The summed E-state index contributed by atoms with van der Waals surface area (Å²) in [6.07, 6.45) is 0. The number of para-hydroxylation sites is 1. The van der Waals surface area contributed by atoms with Gasteiger partial charge in [-0.15, -0.1) is 0 Å². The lowest BCUT2D eigenvalue weighted by molar-refractivity contribution is 0.950. The molecule has 1 aliphatic heterocycles. The Hall–Kier alpha value is -1.96. The Morgan fingerprint density at radius 3 is 2.17 bits per heavy atom. The van der Waals surface area contributed by atoms with Crippen LogP contribution in [0, 0.1) is 13.8 Å². The number of fused-ring (bicyclic) bond motifs is 1. The first-order valence-corrected chi connectivity index (χ1v) is 6.32. The third kappa shape index (κ3) is 1.65. The molecule has 0 atom stereocenters. The van der Waals surface area contributed by atoms with Crippen LogP contribution in [0.4, 0.5) is 17.1 Å². The molecule has 2 nitrogen and oxygen atoms in total. The van der Waals surface area contributed by atoms with Crippen molar-refractivity contribution in [3.05, 3.63) is 53.6 Å². The highest BCUT2D eigenvalue weighted by Crippen LogP contribution is 2.41. The maximum atomic E-state index is 2.36. The van der Waals surface area contributed by atoms with E-state index >= 15 is 0 Å². The summed E-state index contributed by atoms with van der Waals surface area (Å²) in [6, 6.07) is 15.2. The molecule has 1 aliphatic rings. The number of hydrogen-bond donors (Lipinski definition) is 0. The van der Waals surface area contributed by atoms with Crippen LogP contribution in [0.1, 0.15) is 11.1 Å². The zero-order valence-electron chi connectivity index (χ0n) is 11.1. The first-order chi connectivity index (χ1) is 8.66. The first-order valence-electron chi connectivity index (χ1n) is 6.32. The molecule has 0 radical (unpaired) electrons. The van der Waals surface area contributed by atoms with Gasteiger partial charge in [0, 0.05) is 12.7 Å². The molecule has 0 N–H and O–H groups in total. The maximum Gasteiger partial charge on any atom is 0.0950 e. The Bertz CT molecular complexity index is 575. The smallest absolute Gasteiger partial charge is 0.0950 e. The van der Waals surface area contributed by atoms with E-state index in [4.69, 9.17) is 0 Å². The second-order valence-corrected chi connectivity index (χ2v) is 5.03. The second kappa shape index (κ2) is 4.05. The molecular weight excluding hydrogens is 220 g/mol. The molecule has 0 unspecified atom stereocenters. The number of anilines is 3. The fourth-order valence-corrected chi connectivity index (χ4v) is 2.50. The van der Waals surface area contributed by atoms with Gasteiger partial charge in [-0.05, 0) is 49.2 Å². The lowest BCUT2D eigenvalue weighted by Crippen LogP contribution is -2.23. The van der Waals surface area contributed by atoms with E-state index in [0.29, 0.717) is 0 Å². The summed E-state index contributed by atoms with van der Waals surface area (Å²) in [5.74, 6) is 0. The molecule has 2 aromatic carbocycles. The highest BCUT2D eigenvalue weighted by molar-refractivity contribution is 5.83. The molecule has 0 fully saturated rings. The molecule has 92 valence electrons. The van der Waals surface area contributed by atoms with Gasteiger partial charge in [0.15, 0.2) is 0 Å². The Morgan fingerprint density at radius 2 is 1.50 bits per heavy atom. The van der Waals surface area contributed by atoms with Gasteiger partial charge in [0.25, 0.3) is 0 Å². The summed E-state index contributed by atoms with van der Waals surface area (Å²) >= 11 is 0. The summed E-state index contributed by atoms with van der Waals surface area (Å²) < 4.78 is 0. The van der Waals surface area contributed by atoms with E-state index in [2.05, 4.69) is 73.2 Å². The SMILES string of the molecule is Cc1cc2c(cc1C)N(c1ccccc1)CN2C. The van der Waals surface area contributed by atoms with Gasteiger partial charge >= 0.3 is 0 Å². The van der Waals surface area contributed by atoms with Gasteiger partial charge in [0.2, 0.25) is 0 Å². The fourth-order valence-electron chi connectivity index (χ4n) is 2.50. The highest BCUT2D eigenvalue weighted by atomic mass is 15.4. The molecular formula is C16H18N2. The van der Waals surface area contributed by atoms with Crippen LogP contribution in [0.5, 0.6) is 0 Å². The van der Waals surface area contributed by atoms with Crippen LogP contribution in [0.15, 0.2) is 42.5 Å². The largest absolute Gasteiger partial charge is 0.355 e. The summed E-state index contributed by atoms with van der Waals surface area (Å²) in [5, 5.41) is 0. The van der Waals surface area contributed by atoms with Crippen molar-refractivity contribution < 1.29 is 0 Å². The molecule has 0 amide bonds. The second-order valence-electron chi connectivity index (χ2n) is 5.03. The Kier molecular flexibility index (Phi) is 2.51. The maximum absolute atomic E-state index is 2.36. The van der Waals surface area contributed by atoms with Crippen LogP contribution in [0.2, 0.25) is 0 Å². The zero-order valence-corrected chi connectivity index (χ0v) is 11.1. The number of hydrogen-bond acceptors (Lipinski definition) is 2. The summed E-state index contributed by atoms with van der Waals surface area (Å²) in [6.45, 7) is 5.27. The molecule has 1 heterocycles. The van der Waals surface area contributed by atoms with E-state index in [-0.39, 0.29) is 0 Å². The van der Waals surface area contributed by atoms with E-state index in [1.54, 1.807) is 0 Å². The molecule has 0 aromatic heterocycles. The quantitative estimate of drug-likeness (QED) is 0.744. The van der Waals surface area contributed by atoms with Crippen LogP contribution in [-0.2, 0) is 0 Å². The topological polar surface area (TPSA) is 6.48 Å². The molecule has 0 saturated heterocycles. The van der Waals surface area contributed by atoms with E-state index in [9.17, 15) is 0 Å². The lowest BCUT2D eigenvalue weighted by Gasteiger charge is -2.19. The first kappa shape index (κ1) is 11.1. The fraction of sp³-hybridized carbons (Fsp3) is 0.250. The minimum absolute atomic E-state index is 0.919. The average Bonchev–Trinajstić information content (AvgIpc) is 2.69. The molecule has 18 heavy (non-hydrogen) atoms. The van der Waals surface area contributed by atoms with Gasteiger partial charge in [0.05, 0.1) is 18.0 Å². The number of rotatable bonds is 1. The Morgan fingerprint density at radius 1 is 0.889 bits per heavy atom. The van der Waals surface area contributed by atoms with Crippen molar-refractivity contribution >= 4 is 17.1 Å². The van der Waals surface area contributed by atoms with Gasteiger partial charge in [-0.25, -0.2) is 0 Å². The predicted octanol–water partition coefficient (Wildman–Crippen LogP) is 3.85. The van der Waals surface area contributed by atoms with Crippen LogP contribution < -0.4 is 9.80 Å². The predicted molar refractivity (Wildman–Crippen MR) is 77.8 cm³/mol. The summed E-state index contributed by atoms with van der Waals surface area (Å²) in [4.78, 5) is 4.66.